The molecule has 164 valence electrons. The fraction of sp³-hybridized carbons (Fsp3) is 0.211. The molecule has 0 aliphatic carbocycles. The van der Waals surface area contributed by atoms with Crippen LogP contribution in [0.5, 0.6) is 0 Å². The minimum Gasteiger partial charge on any atom is -0.374 e. The molecule has 0 fully saturated rings. The Morgan fingerprint density at radius 3 is 2.39 bits per heavy atom. The number of benzene rings is 2. The molecule has 1 aromatic heterocycles. The SMILES string of the molecule is O=C(CC(O)(c1nc2ccccc2s1)C(F)(F)F)NCC(=O)Nc1ccc(F)c(F)c1. The van der Waals surface area contributed by atoms with Crippen molar-refractivity contribution in [1.82, 2.24) is 10.3 Å². The molecule has 1 heterocycles. The van der Waals surface area contributed by atoms with Crippen molar-refractivity contribution in [3.8, 4) is 0 Å². The molecule has 0 saturated carbocycles. The molecule has 0 spiro atoms. The van der Waals surface area contributed by atoms with Gasteiger partial charge in [-0.15, -0.1) is 11.3 Å². The van der Waals surface area contributed by atoms with Crippen LogP contribution in [0, 0.1) is 11.6 Å². The van der Waals surface area contributed by atoms with Gasteiger partial charge in [-0.1, -0.05) is 12.1 Å². The highest BCUT2D eigenvalue weighted by atomic mass is 32.1. The lowest BCUT2D eigenvalue weighted by atomic mass is 9.99. The molecule has 0 aliphatic rings. The number of fused-ring (bicyclic) bond motifs is 1. The quantitative estimate of drug-likeness (QED) is 0.493. The number of nitrogens with one attached hydrogen (secondary N) is 2. The zero-order chi connectivity index (χ0) is 22.8. The summed E-state index contributed by atoms with van der Waals surface area (Å²) in [6, 6.07) is 8.68. The Balaban J connectivity index is 1.68. The fourth-order valence-electron chi connectivity index (χ4n) is 2.60. The maximum Gasteiger partial charge on any atom is 0.424 e. The summed E-state index contributed by atoms with van der Waals surface area (Å²) in [4.78, 5) is 27.7. The second-order valence-corrected chi connectivity index (χ2v) is 7.51. The molecule has 0 aliphatic heterocycles. The number of aliphatic hydroxyl groups is 1. The molecule has 0 saturated heterocycles. The van der Waals surface area contributed by atoms with Crippen molar-refractivity contribution in [1.29, 1.82) is 0 Å². The molecule has 12 heteroatoms. The van der Waals surface area contributed by atoms with Crippen molar-refractivity contribution in [2.24, 2.45) is 0 Å². The Morgan fingerprint density at radius 1 is 1.03 bits per heavy atom. The average Bonchev–Trinajstić information content (AvgIpc) is 3.13. The summed E-state index contributed by atoms with van der Waals surface area (Å²) in [5.41, 5.74) is -3.44. The molecule has 3 aromatic rings. The Bertz CT molecular complexity index is 1100. The van der Waals surface area contributed by atoms with Gasteiger partial charge in [0.15, 0.2) is 11.6 Å². The lowest BCUT2D eigenvalue weighted by molar-refractivity contribution is -0.267. The van der Waals surface area contributed by atoms with Gasteiger partial charge >= 0.3 is 6.18 Å². The second kappa shape index (κ2) is 8.55. The van der Waals surface area contributed by atoms with Crippen molar-refractivity contribution < 1.29 is 36.6 Å². The van der Waals surface area contributed by atoms with Crippen LogP contribution in [-0.4, -0.2) is 34.6 Å². The molecule has 0 radical (unpaired) electrons. The Morgan fingerprint density at radius 2 is 1.74 bits per heavy atom. The molecule has 2 amide bonds. The summed E-state index contributed by atoms with van der Waals surface area (Å²) < 4.78 is 67.3. The minimum absolute atomic E-state index is 0.112. The smallest absolute Gasteiger partial charge is 0.374 e. The molecule has 6 nitrogen and oxygen atoms in total. The lowest BCUT2D eigenvalue weighted by Gasteiger charge is -2.27. The van der Waals surface area contributed by atoms with Crippen LogP contribution in [0.25, 0.3) is 10.2 Å². The number of para-hydroxylation sites is 1. The summed E-state index contributed by atoms with van der Waals surface area (Å²) in [6.45, 7) is -0.758. The van der Waals surface area contributed by atoms with Gasteiger partial charge in [0.1, 0.15) is 5.01 Å². The number of carbonyl (C=O) groups is 2. The van der Waals surface area contributed by atoms with Crippen molar-refractivity contribution in [3.05, 3.63) is 59.1 Å². The highest BCUT2D eigenvalue weighted by Crippen LogP contribution is 2.44. The highest BCUT2D eigenvalue weighted by Gasteiger charge is 2.58. The topological polar surface area (TPSA) is 91.3 Å². The van der Waals surface area contributed by atoms with Crippen LogP contribution in [0.2, 0.25) is 0 Å². The number of halogens is 5. The zero-order valence-electron chi connectivity index (χ0n) is 15.5. The summed E-state index contributed by atoms with van der Waals surface area (Å²) >= 11 is 0.595. The van der Waals surface area contributed by atoms with E-state index >= 15 is 0 Å². The van der Waals surface area contributed by atoms with E-state index in [-0.39, 0.29) is 11.2 Å². The number of hydrogen-bond acceptors (Lipinski definition) is 5. The van der Waals surface area contributed by atoms with Crippen LogP contribution >= 0.6 is 11.3 Å². The van der Waals surface area contributed by atoms with Gasteiger partial charge in [0.2, 0.25) is 17.4 Å². The van der Waals surface area contributed by atoms with E-state index in [9.17, 15) is 36.6 Å². The first-order valence-corrected chi connectivity index (χ1v) is 9.48. The standard InChI is InChI=1S/C19H14F5N3O3S/c20-11-6-5-10(7-12(11)21)26-16(29)9-25-15(28)8-18(30,19(22,23)24)17-27-13-3-1-2-4-14(13)31-17/h1-7,30H,8-9H2,(H,25,28)(H,26,29). The molecule has 3 rings (SSSR count). The molecular formula is C19H14F5N3O3S. The van der Waals surface area contributed by atoms with Gasteiger partial charge in [0, 0.05) is 11.8 Å². The van der Waals surface area contributed by atoms with Gasteiger partial charge in [-0.2, -0.15) is 13.2 Å². The van der Waals surface area contributed by atoms with Gasteiger partial charge in [-0.25, -0.2) is 13.8 Å². The summed E-state index contributed by atoms with van der Waals surface area (Å²) in [5.74, 6) is -4.50. The number of thiazole rings is 1. The molecule has 2 aromatic carbocycles. The van der Waals surface area contributed by atoms with E-state index in [1.165, 1.54) is 12.1 Å². The van der Waals surface area contributed by atoms with Crippen LogP contribution in [0.15, 0.2) is 42.5 Å². The highest BCUT2D eigenvalue weighted by molar-refractivity contribution is 7.18. The van der Waals surface area contributed by atoms with E-state index in [1.54, 1.807) is 12.1 Å². The minimum atomic E-state index is -5.22. The summed E-state index contributed by atoms with van der Waals surface area (Å²) in [6.07, 6.45) is -6.64. The molecule has 31 heavy (non-hydrogen) atoms. The van der Waals surface area contributed by atoms with Crippen LogP contribution in [0.1, 0.15) is 11.4 Å². The largest absolute Gasteiger partial charge is 0.424 e. The van der Waals surface area contributed by atoms with Gasteiger partial charge in [0.25, 0.3) is 0 Å². The Labute approximate surface area is 175 Å². The number of amides is 2. The normalized spacial score (nSPS) is 13.6. The van der Waals surface area contributed by atoms with E-state index in [4.69, 9.17) is 0 Å². The number of hydrogen-bond donors (Lipinski definition) is 3. The number of anilines is 1. The number of carbonyl (C=O) groups excluding carboxylic acids is 2. The van der Waals surface area contributed by atoms with E-state index in [0.717, 1.165) is 12.1 Å². The number of aromatic nitrogens is 1. The van der Waals surface area contributed by atoms with Crippen molar-refractivity contribution >= 4 is 39.1 Å². The molecule has 1 unspecified atom stereocenters. The van der Waals surface area contributed by atoms with Crippen LogP contribution in [0.3, 0.4) is 0 Å². The monoisotopic (exact) mass is 459 g/mol. The van der Waals surface area contributed by atoms with E-state index in [0.29, 0.717) is 22.1 Å². The predicted octanol–water partition coefficient (Wildman–Crippen LogP) is 3.47. The fourth-order valence-corrected chi connectivity index (χ4v) is 3.67. The van der Waals surface area contributed by atoms with E-state index in [1.807, 2.05) is 5.32 Å². The van der Waals surface area contributed by atoms with Crippen LogP contribution in [0.4, 0.5) is 27.6 Å². The second-order valence-electron chi connectivity index (χ2n) is 6.48. The van der Waals surface area contributed by atoms with Crippen LogP contribution < -0.4 is 10.6 Å². The number of alkyl halides is 3. The lowest BCUT2D eigenvalue weighted by Crippen LogP contribution is -2.47. The predicted molar refractivity (Wildman–Crippen MR) is 102 cm³/mol. The van der Waals surface area contributed by atoms with Crippen molar-refractivity contribution in [2.45, 2.75) is 18.2 Å². The molecule has 3 N–H and O–H groups in total. The zero-order valence-corrected chi connectivity index (χ0v) is 16.3. The van der Waals surface area contributed by atoms with Crippen LogP contribution in [-0.2, 0) is 15.2 Å². The third kappa shape index (κ3) is 4.97. The van der Waals surface area contributed by atoms with E-state index in [2.05, 4.69) is 10.3 Å². The maximum absolute atomic E-state index is 13.6. The van der Waals surface area contributed by atoms with Crippen molar-refractivity contribution in [3.63, 3.8) is 0 Å². The first-order valence-electron chi connectivity index (χ1n) is 8.66. The summed E-state index contributed by atoms with van der Waals surface area (Å²) in [7, 11) is 0. The molecule has 0 bridgehead atoms. The first-order chi connectivity index (χ1) is 14.5. The molecule has 1 atom stereocenters. The Kier molecular flexibility index (Phi) is 6.23. The van der Waals surface area contributed by atoms with Crippen molar-refractivity contribution in [2.75, 3.05) is 11.9 Å². The first kappa shape index (κ1) is 22.6. The van der Waals surface area contributed by atoms with Gasteiger partial charge in [0.05, 0.1) is 23.2 Å². The number of rotatable bonds is 6. The molecular weight excluding hydrogens is 445 g/mol. The third-order valence-corrected chi connectivity index (χ3v) is 5.37. The maximum atomic E-state index is 13.6. The average molecular weight is 459 g/mol. The third-order valence-electron chi connectivity index (χ3n) is 4.18. The van der Waals surface area contributed by atoms with Gasteiger partial charge < -0.3 is 15.7 Å². The number of nitrogens with zero attached hydrogens (tertiary/aromatic N) is 1. The van der Waals surface area contributed by atoms with Gasteiger partial charge in [-0.05, 0) is 24.3 Å². The Hall–Kier alpha value is -3.12. The summed E-state index contributed by atoms with van der Waals surface area (Å²) in [5, 5.41) is 13.7. The van der Waals surface area contributed by atoms with E-state index < -0.39 is 53.2 Å². The van der Waals surface area contributed by atoms with Gasteiger partial charge in [-0.3, -0.25) is 9.59 Å².